The van der Waals surface area contributed by atoms with E-state index >= 15 is 0 Å². The van der Waals surface area contributed by atoms with Crippen LogP contribution in [0.4, 0.5) is 26.2 Å². The lowest BCUT2D eigenvalue weighted by atomic mass is 10.2. The number of carbonyl (C=O) groups is 1. The molecular weight excluding hydrogens is 344 g/mol. The van der Waals surface area contributed by atoms with Crippen molar-refractivity contribution in [1.82, 2.24) is 9.97 Å². The average molecular weight is 363 g/mol. The first-order valence-corrected chi connectivity index (χ1v) is 8.18. The van der Waals surface area contributed by atoms with Gasteiger partial charge in [-0.3, -0.25) is 4.79 Å². The van der Waals surface area contributed by atoms with Gasteiger partial charge in [-0.05, 0) is 24.6 Å². The molecule has 0 saturated carbocycles. The van der Waals surface area contributed by atoms with Crippen LogP contribution in [0.2, 0.25) is 0 Å². The Labute approximate surface area is 149 Å². The van der Waals surface area contributed by atoms with E-state index in [9.17, 15) is 13.6 Å². The standard InChI is InChI=1S/C17H19F2N5O2/c1-11-2-3-14(12(18)8-11)22-15(25)10-21-17-20-9-13(19)16(23-17)24-4-6-26-7-5-24/h2-3,8-9H,4-7,10H2,1H3,(H,22,25)(H,20,21,23). The zero-order valence-corrected chi connectivity index (χ0v) is 14.3. The second-order valence-electron chi connectivity index (χ2n) is 5.85. The van der Waals surface area contributed by atoms with Crippen LogP contribution in [0.15, 0.2) is 24.4 Å². The number of amides is 1. The average Bonchev–Trinajstić information content (AvgIpc) is 2.64. The maximum atomic E-state index is 14.0. The maximum Gasteiger partial charge on any atom is 0.243 e. The lowest BCUT2D eigenvalue weighted by molar-refractivity contribution is -0.114. The van der Waals surface area contributed by atoms with Crippen molar-refractivity contribution >= 4 is 23.4 Å². The second-order valence-corrected chi connectivity index (χ2v) is 5.85. The summed E-state index contributed by atoms with van der Waals surface area (Å²) in [7, 11) is 0. The molecule has 1 aromatic heterocycles. The molecule has 26 heavy (non-hydrogen) atoms. The van der Waals surface area contributed by atoms with Crippen molar-refractivity contribution in [3.8, 4) is 0 Å². The summed E-state index contributed by atoms with van der Waals surface area (Å²) in [4.78, 5) is 21.7. The fourth-order valence-electron chi connectivity index (χ4n) is 2.52. The molecule has 2 heterocycles. The SMILES string of the molecule is Cc1ccc(NC(=O)CNc2ncc(F)c(N3CCOCC3)n2)c(F)c1. The molecule has 0 aliphatic carbocycles. The second kappa shape index (κ2) is 8.05. The summed E-state index contributed by atoms with van der Waals surface area (Å²) < 4.78 is 33.0. The van der Waals surface area contributed by atoms with Crippen LogP contribution in [0, 0.1) is 18.6 Å². The molecule has 1 fully saturated rings. The number of carbonyl (C=O) groups excluding carboxylic acids is 1. The van der Waals surface area contributed by atoms with Gasteiger partial charge in [0.2, 0.25) is 11.9 Å². The smallest absolute Gasteiger partial charge is 0.243 e. The van der Waals surface area contributed by atoms with Crippen molar-refractivity contribution in [1.29, 1.82) is 0 Å². The number of benzene rings is 1. The third-order valence-corrected chi connectivity index (χ3v) is 3.84. The normalized spacial score (nSPS) is 14.2. The number of nitrogens with one attached hydrogen (secondary N) is 2. The summed E-state index contributed by atoms with van der Waals surface area (Å²) >= 11 is 0. The molecule has 0 unspecified atom stereocenters. The first kappa shape index (κ1) is 18.0. The number of nitrogens with zero attached hydrogens (tertiary/aromatic N) is 3. The molecule has 9 heteroatoms. The lowest BCUT2D eigenvalue weighted by Crippen LogP contribution is -2.37. The Balaban J connectivity index is 1.61. The molecule has 1 aromatic carbocycles. The Morgan fingerprint density at radius 1 is 1.27 bits per heavy atom. The van der Waals surface area contributed by atoms with E-state index in [-0.39, 0.29) is 24.0 Å². The minimum Gasteiger partial charge on any atom is -0.378 e. The molecule has 1 amide bonds. The minimum atomic E-state index is -0.538. The van der Waals surface area contributed by atoms with E-state index in [0.717, 1.165) is 11.8 Å². The van der Waals surface area contributed by atoms with Crippen LogP contribution in [0.5, 0.6) is 0 Å². The Morgan fingerprint density at radius 3 is 2.77 bits per heavy atom. The van der Waals surface area contributed by atoms with Gasteiger partial charge in [-0.25, -0.2) is 13.8 Å². The number of anilines is 3. The lowest BCUT2D eigenvalue weighted by Gasteiger charge is -2.28. The highest BCUT2D eigenvalue weighted by atomic mass is 19.1. The van der Waals surface area contributed by atoms with Crippen molar-refractivity contribution in [3.05, 3.63) is 41.6 Å². The van der Waals surface area contributed by atoms with Crippen LogP contribution in [0.3, 0.4) is 0 Å². The first-order chi connectivity index (χ1) is 12.5. The molecule has 3 rings (SSSR count). The molecule has 1 aliphatic heterocycles. The molecule has 2 aromatic rings. The van der Waals surface area contributed by atoms with E-state index in [1.54, 1.807) is 17.9 Å². The molecular formula is C17H19F2N5O2. The molecule has 2 N–H and O–H groups in total. The van der Waals surface area contributed by atoms with Crippen molar-refractivity contribution < 1.29 is 18.3 Å². The Bertz CT molecular complexity index is 797. The summed E-state index contributed by atoms with van der Waals surface area (Å²) in [5, 5.41) is 5.18. The van der Waals surface area contributed by atoms with Crippen molar-refractivity contribution in [2.45, 2.75) is 6.92 Å². The molecule has 0 bridgehead atoms. The fraction of sp³-hybridized carbons (Fsp3) is 0.353. The highest BCUT2D eigenvalue weighted by Gasteiger charge is 2.18. The summed E-state index contributed by atoms with van der Waals surface area (Å²) in [5.41, 5.74) is 0.852. The van der Waals surface area contributed by atoms with Gasteiger partial charge in [-0.2, -0.15) is 4.98 Å². The summed E-state index contributed by atoms with van der Waals surface area (Å²) in [5.74, 6) is -1.23. The van der Waals surface area contributed by atoms with Gasteiger partial charge >= 0.3 is 0 Å². The van der Waals surface area contributed by atoms with E-state index in [2.05, 4.69) is 20.6 Å². The van der Waals surface area contributed by atoms with Gasteiger partial charge in [0.1, 0.15) is 5.82 Å². The van der Waals surface area contributed by atoms with Gasteiger partial charge in [0.25, 0.3) is 0 Å². The molecule has 138 valence electrons. The van der Waals surface area contributed by atoms with E-state index in [4.69, 9.17) is 4.74 Å². The van der Waals surface area contributed by atoms with Crippen LogP contribution in [-0.2, 0) is 9.53 Å². The third-order valence-electron chi connectivity index (χ3n) is 3.84. The van der Waals surface area contributed by atoms with Crippen LogP contribution >= 0.6 is 0 Å². The highest BCUT2D eigenvalue weighted by Crippen LogP contribution is 2.18. The summed E-state index contributed by atoms with van der Waals surface area (Å²) in [6.07, 6.45) is 1.05. The molecule has 7 nitrogen and oxygen atoms in total. The number of hydrogen-bond donors (Lipinski definition) is 2. The largest absolute Gasteiger partial charge is 0.378 e. The molecule has 0 spiro atoms. The topological polar surface area (TPSA) is 79.4 Å². The Morgan fingerprint density at radius 2 is 2.04 bits per heavy atom. The van der Waals surface area contributed by atoms with E-state index in [1.807, 2.05) is 0 Å². The monoisotopic (exact) mass is 363 g/mol. The van der Waals surface area contributed by atoms with E-state index in [0.29, 0.717) is 26.3 Å². The Kier molecular flexibility index (Phi) is 5.57. The Hall–Kier alpha value is -2.81. The summed E-state index contributed by atoms with van der Waals surface area (Å²) in [6, 6.07) is 4.53. The number of halogens is 2. The summed E-state index contributed by atoms with van der Waals surface area (Å²) in [6.45, 7) is 3.63. The van der Waals surface area contributed by atoms with Crippen LogP contribution in [0.1, 0.15) is 5.56 Å². The highest BCUT2D eigenvalue weighted by molar-refractivity contribution is 5.93. The van der Waals surface area contributed by atoms with Crippen molar-refractivity contribution in [3.63, 3.8) is 0 Å². The predicted molar refractivity (Wildman–Crippen MR) is 93.3 cm³/mol. The predicted octanol–water partition coefficient (Wildman–Crippen LogP) is 1.95. The number of aromatic nitrogens is 2. The zero-order valence-electron chi connectivity index (χ0n) is 14.3. The van der Waals surface area contributed by atoms with Crippen LogP contribution < -0.4 is 15.5 Å². The van der Waals surface area contributed by atoms with Crippen molar-refractivity contribution in [2.24, 2.45) is 0 Å². The van der Waals surface area contributed by atoms with Gasteiger partial charge in [0.15, 0.2) is 11.6 Å². The number of hydrogen-bond acceptors (Lipinski definition) is 6. The van der Waals surface area contributed by atoms with Gasteiger partial charge < -0.3 is 20.3 Å². The first-order valence-electron chi connectivity index (χ1n) is 8.18. The van der Waals surface area contributed by atoms with Crippen molar-refractivity contribution in [2.75, 3.05) is 48.4 Å². The van der Waals surface area contributed by atoms with Gasteiger partial charge in [0.05, 0.1) is 31.6 Å². The van der Waals surface area contributed by atoms with E-state index < -0.39 is 17.5 Å². The molecule has 0 atom stereocenters. The van der Waals surface area contributed by atoms with Gasteiger partial charge in [-0.1, -0.05) is 6.07 Å². The molecule has 1 saturated heterocycles. The van der Waals surface area contributed by atoms with Gasteiger partial charge in [-0.15, -0.1) is 0 Å². The van der Waals surface area contributed by atoms with Crippen LogP contribution in [-0.4, -0.2) is 48.7 Å². The fourth-order valence-corrected chi connectivity index (χ4v) is 2.52. The maximum absolute atomic E-state index is 14.0. The number of aryl methyl sites for hydroxylation is 1. The molecule has 1 aliphatic rings. The number of ether oxygens (including phenoxy) is 1. The quantitative estimate of drug-likeness (QED) is 0.845. The van der Waals surface area contributed by atoms with Crippen LogP contribution in [0.25, 0.3) is 0 Å². The number of rotatable bonds is 5. The third kappa shape index (κ3) is 4.42. The van der Waals surface area contributed by atoms with Gasteiger partial charge in [0, 0.05) is 13.1 Å². The molecule has 0 radical (unpaired) electrons. The van der Waals surface area contributed by atoms with E-state index in [1.165, 1.54) is 12.1 Å². The minimum absolute atomic E-state index is 0.0939. The number of morpholine rings is 1. The zero-order chi connectivity index (χ0) is 18.5.